The topological polar surface area (TPSA) is 48.1 Å². The van der Waals surface area contributed by atoms with Gasteiger partial charge >= 0.3 is 0 Å². The predicted molar refractivity (Wildman–Crippen MR) is 123 cm³/mol. The number of rotatable bonds is 14. The van der Waals surface area contributed by atoms with Crippen LogP contribution in [0.1, 0.15) is 23.2 Å². The van der Waals surface area contributed by atoms with Crippen molar-refractivity contribution in [3.63, 3.8) is 0 Å². The third-order valence-corrected chi connectivity index (χ3v) is 5.38. The molecule has 166 valence electrons. The summed E-state index contributed by atoms with van der Waals surface area (Å²) >= 11 is 0. The van der Waals surface area contributed by atoms with Crippen LogP contribution in [0, 0.1) is 0 Å². The maximum absolute atomic E-state index is 10.6. The third kappa shape index (κ3) is 8.31. The lowest BCUT2D eigenvalue weighted by Crippen LogP contribution is -3.12. The Labute approximate surface area is 185 Å². The summed E-state index contributed by atoms with van der Waals surface area (Å²) in [6.45, 7) is 4.91. The summed E-state index contributed by atoms with van der Waals surface area (Å²) < 4.78 is 13.3. The second kappa shape index (κ2) is 13.1. The van der Waals surface area contributed by atoms with Crippen molar-refractivity contribution in [2.24, 2.45) is 0 Å². The maximum atomic E-state index is 10.6. The molecule has 0 radical (unpaired) electrons. The largest absolute Gasteiger partial charge is 0.385 e. The van der Waals surface area contributed by atoms with E-state index in [9.17, 15) is 5.11 Å². The summed E-state index contributed by atoms with van der Waals surface area (Å²) in [5.74, 6) is 0. The van der Waals surface area contributed by atoms with Crippen molar-refractivity contribution in [3.05, 3.63) is 95.8 Å². The molecule has 0 aliphatic carbocycles. The van der Waals surface area contributed by atoms with Crippen LogP contribution in [0.3, 0.4) is 0 Å². The van der Waals surface area contributed by atoms with Gasteiger partial charge in [-0.25, -0.2) is 0 Å². The zero-order chi connectivity index (χ0) is 21.7. The Bertz CT molecular complexity index is 851. The molecule has 31 heavy (non-hydrogen) atoms. The van der Waals surface area contributed by atoms with E-state index in [2.05, 4.69) is 47.2 Å². The molecule has 3 aromatic rings. The SMILES string of the molecule is COCCC[NH+](Cc1cccn1Cc1ccccc1)C[C@@H](O)COCc1ccccc1. The van der Waals surface area contributed by atoms with Crippen LogP contribution in [-0.4, -0.2) is 49.2 Å². The Balaban J connectivity index is 1.54. The van der Waals surface area contributed by atoms with Crippen molar-refractivity contribution in [3.8, 4) is 0 Å². The molecule has 0 saturated carbocycles. The van der Waals surface area contributed by atoms with Gasteiger partial charge in [-0.1, -0.05) is 60.7 Å². The van der Waals surface area contributed by atoms with Crippen LogP contribution in [0.5, 0.6) is 0 Å². The molecule has 0 saturated heterocycles. The van der Waals surface area contributed by atoms with Crippen molar-refractivity contribution < 1.29 is 19.5 Å². The molecular formula is C26H35N2O3+. The number of benzene rings is 2. The fraction of sp³-hybridized carbons (Fsp3) is 0.385. The number of aromatic nitrogens is 1. The molecule has 2 atom stereocenters. The van der Waals surface area contributed by atoms with Crippen molar-refractivity contribution in [1.82, 2.24) is 4.57 Å². The standard InChI is InChI=1S/C26H34N2O3/c1-30-17-9-15-27(20-26(29)22-31-21-24-12-6-3-7-13-24)19-25-14-8-16-28(25)18-23-10-4-2-5-11-23/h2-8,10-14,16,26,29H,9,15,17-22H2,1H3/p+1/t26-/m1/s1. The Morgan fingerprint density at radius 2 is 1.65 bits per heavy atom. The summed E-state index contributed by atoms with van der Waals surface area (Å²) in [5, 5.41) is 10.6. The minimum absolute atomic E-state index is 0.341. The minimum atomic E-state index is -0.501. The van der Waals surface area contributed by atoms with E-state index < -0.39 is 6.10 Å². The Kier molecular flexibility index (Phi) is 9.80. The van der Waals surface area contributed by atoms with Crippen LogP contribution in [0.2, 0.25) is 0 Å². The monoisotopic (exact) mass is 423 g/mol. The van der Waals surface area contributed by atoms with Gasteiger partial charge in [0.1, 0.15) is 19.2 Å². The number of aliphatic hydroxyl groups excluding tert-OH is 1. The summed E-state index contributed by atoms with van der Waals surface area (Å²) in [6, 6.07) is 24.9. The Morgan fingerprint density at radius 3 is 2.35 bits per heavy atom. The van der Waals surface area contributed by atoms with Crippen LogP contribution in [0.25, 0.3) is 0 Å². The second-order valence-corrected chi connectivity index (χ2v) is 7.99. The van der Waals surface area contributed by atoms with Gasteiger partial charge in [-0.2, -0.15) is 0 Å². The van der Waals surface area contributed by atoms with Crippen LogP contribution < -0.4 is 4.90 Å². The van der Waals surface area contributed by atoms with Gasteiger partial charge in [0.25, 0.3) is 0 Å². The fourth-order valence-electron chi connectivity index (χ4n) is 3.81. The van der Waals surface area contributed by atoms with Gasteiger partial charge in [-0.15, -0.1) is 0 Å². The fourth-order valence-corrected chi connectivity index (χ4v) is 3.81. The molecule has 0 amide bonds. The molecule has 0 spiro atoms. The number of hydrogen-bond acceptors (Lipinski definition) is 3. The average molecular weight is 424 g/mol. The van der Waals surface area contributed by atoms with Crippen LogP contribution >= 0.6 is 0 Å². The molecule has 0 fully saturated rings. The summed E-state index contributed by atoms with van der Waals surface area (Å²) in [5.41, 5.74) is 3.68. The number of quaternary nitrogens is 1. The van der Waals surface area contributed by atoms with E-state index in [0.29, 0.717) is 19.8 Å². The van der Waals surface area contributed by atoms with Gasteiger partial charge in [-0.3, -0.25) is 0 Å². The van der Waals surface area contributed by atoms with E-state index in [1.165, 1.54) is 16.2 Å². The molecule has 1 unspecified atom stereocenters. The first-order valence-electron chi connectivity index (χ1n) is 11.0. The molecule has 2 aromatic carbocycles. The molecule has 0 aliphatic rings. The lowest BCUT2D eigenvalue weighted by Gasteiger charge is -2.23. The van der Waals surface area contributed by atoms with E-state index in [0.717, 1.165) is 38.2 Å². The number of ether oxygens (including phenoxy) is 2. The minimum Gasteiger partial charge on any atom is -0.385 e. The third-order valence-electron chi connectivity index (χ3n) is 5.38. The molecule has 0 aliphatic heterocycles. The van der Waals surface area contributed by atoms with Gasteiger partial charge in [-0.05, 0) is 23.3 Å². The average Bonchev–Trinajstić information content (AvgIpc) is 3.21. The van der Waals surface area contributed by atoms with E-state index in [1.807, 2.05) is 36.4 Å². The number of nitrogens with zero attached hydrogens (tertiary/aromatic N) is 1. The van der Waals surface area contributed by atoms with Crippen molar-refractivity contribution in [2.75, 3.05) is 33.4 Å². The first kappa shape index (κ1) is 23.2. The van der Waals surface area contributed by atoms with E-state index in [-0.39, 0.29) is 0 Å². The molecule has 1 aromatic heterocycles. The highest BCUT2D eigenvalue weighted by Crippen LogP contribution is 2.07. The molecule has 5 heteroatoms. The molecule has 1 heterocycles. The van der Waals surface area contributed by atoms with E-state index in [1.54, 1.807) is 7.11 Å². The van der Waals surface area contributed by atoms with Crippen molar-refractivity contribution in [1.29, 1.82) is 0 Å². The van der Waals surface area contributed by atoms with Crippen molar-refractivity contribution >= 4 is 0 Å². The Morgan fingerprint density at radius 1 is 0.935 bits per heavy atom. The van der Waals surface area contributed by atoms with Crippen molar-refractivity contribution in [2.45, 2.75) is 32.2 Å². The molecule has 0 bridgehead atoms. The van der Waals surface area contributed by atoms with Gasteiger partial charge in [0.2, 0.25) is 0 Å². The van der Waals surface area contributed by atoms with E-state index >= 15 is 0 Å². The lowest BCUT2D eigenvalue weighted by atomic mass is 10.2. The number of methoxy groups -OCH3 is 1. The van der Waals surface area contributed by atoms with Crippen LogP contribution in [-0.2, 0) is 29.2 Å². The zero-order valence-electron chi connectivity index (χ0n) is 18.5. The maximum Gasteiger partial charge on any atom is 0.126 e. The Hall–Kier alpha value is -2.44. The molecule has 5 nitrogen and oxygen atoms in total. The summed E-state index contributed by atoms with van der Waals surface area (Å²) in [7, 11) is 1.73. The zero-order valence-corrected chi connectivity index (χ0v) is 18.5. The first-order chi connectivity index (χ1) is 15.2. The highest BCUT2D eigenvalue weighted by molar-refractivity contribution is 5.17. The van der Waals surface area contributed by atoms with Crippen LogP contribution in [0.4, 0.5) is 0 Å². The second-order valence-electron chi connectivity index (χ2n) is 7.99. The van der Waals surface area contributed by atoms with Gasteiger partial charge < -0.3 is 24.0 Å². The number of aliphatic hydroxyl groups is 1. The molecular weight excluding hydrogens is 388 g/mol. The van der Waals surface area contributed by atoms with Gasteiger partial charge in [0.05, 0.1) is 32.1 Å². The predicted octanol–water partition coefficient (Wildman–Crippen LogP) is 2.54. The summed E-state index contributed by atoms with van der Waals surface area (Å²) in [6.07, 6.45) is 2.59. The summed E-state index contributed by atoms with van der Waals surface area (Å²) in [4.78, 5) is 1.33. The van der Waals surface area contributed by atoms with Gasteiger partial charge in [0.15, 0.2) is 0 Å². The van der Waals surface area contributed by atoms with E-state index in [4.69, 9.17) is 9.47 Å². The van der Waals surface area contributed by atoms with Gasteiger partial charge in [0, 0.05) is 26.3 Å². The molecule has 2 N–H and O–H groups in total. The smallest absolute Gasteiger partial charge is 0.126 e. The van der Waals surface area contributed by atoms with Crippen LogP contribution in [0.15, 0.2) is 79.0 Å². The lowest BCUT2D eigenvalue weighted by molar-refractivity contribution is -0.917. The highest BCUT2D eigenvalue weighted by atomic mass is 16.5. The first-order valence-corrected chi connectivity index (χ1v) is 11.0. The number of nitrogens with one attached hydrogen (secondary N) is 1. The highest BCUT2D eigenvalue weighted by Gasteiger charge is 2.18. The molecule has 3 rings (SSSR count). The normalized spacial score (nSPS) is 13.2. The quantitative estimate of drug-likeness (QED) is 0.392. The number of hydrogen-bond donors (Lipinski definition) is 2.